The Morgan fingerprint density at radius 1 is 0.717 bits per heavy atom. The van der Waals surface area contributed by atoms with E-state index in [9.17, 15) is 14.4 Å². The highest BCUT2D eigenvalue weighted by molar-refractivity contribution is 7.21. The fourth-order valence-electron chi connectivity index (χ4n) is 4.26. The molecule has 46 heavy (non-hydrogen) atoms. The standard InChI is InChI=1S/C34H48N4O7S/c1-3-29(39)5-4-14-36-33(41)13-17-42-19-21-44-23-24-45-22-20-43-18-16-37-32(40)12-15-35-28-9-7-27(8-10-28)34-38-30-11-6-26(2)25-31(30)46-34/h6-11,25,35H,3-5,12-24H2,1-2H3,(H,36,41)(H,37,40). The number of amides is 2. The fourth-order valence-corrected chi connectivity index (χ4v) is 5.33. The maximum absolute atomic E-state index is 12.1. The van der Waals surface area contributed by atoms with Gasteiger partial charge >= 0.3 is 0 Å². The third-order valence-electron chi connectivity index (χ3n) is 6.86. The Balaban J connectivity index is 1.07. The minimum absolute atomic E-state index is 0.0327. The molecule has 3 rings (SSSR count). The first-order chi connectivity index (χ1) is 22.4. The lowest BCUT2D eigenvalue weighted by Gasteiger charge is -2.09. The molecule has 0 radical (unpaired) electrons. The highest BCUT2D eigenvalue weighted by Gasteiger charge is 2.07. The van der Waals surface area contributed by atoms with Crippen molar-refractivity contribution in [2.24, 2.45) is 0 Å². The van der Waals surface area contributed by atoms with E-state index in [0.29, 0.717) is 98.2 Å². The Bertz CT molecular complexity index is 1330. The number of nitrogens with zero attached hydrogens (tertiary/aromatic N) is 1. The number of carbonyl (C=O) groups excluding carboxylic acids is 3. The summed E-state index contributed by atoms with van der Waals surface area (Å²) in [6.45, 7) is 8.76. The number of nitrogens with one attached hydrogen (secondary N) is 3. The normalized spacial score (nSPS) is 11.1. The number of hydrogen-bond donors (Lipinski definition) is 3. The number of ketones is 1. The van der Waals surface area contributed by atoms with Crippen LogP contribution >= 0.6 is 11.3 Å². The topological polar surface area (TPSA) is 137 Å². The second-order valence-corrected chi connectivity index (χ2v) is 11.7. The summed E-state index contributed by atoms with van der Waals surface area (Å²) in [5, 5.41) is 9.93. The lowest BCUT2D eigenvalue weighted by Crippen LogP contribution is -2.29. The van der Waals surface area contributed by atoms with Crippen LogP contribution in [-0.4, -0.2) is 95.1 Å². The first-order valence-corrected chi connectivity index (χ1v) is 16.8. The number of aromatic nitrogens is 1. The summed E-state index contributed by atoms with van der Waals surface area (Å²) in [7, 11) is 0. The first-order valence-electron chi connectivity index (χ1n) is 16.0. The Kier molecular flexibility index (Phi) is 17.8. The molecular weight excluding hydrogens is 608 g/mol. The molecule has 2 aromatic carbocycles. The average molecular weight is 657 g/mol. The van der Waals surface area contributed by atoms with Gasteiger partial charge in [0.15, 0.2) is 0 Å². The van der Waals surface area contributed by atoms with E-state index in [1.807, 2.05) is 31.2 Å². The van der Waals surface area contributed by atoms with Gasteiger partial charge in [0.2, 0.25) is 11.8 Å². The summed E-state index contributed by atoms with van der Waals surface area (Å²) < 4.78 is 23.0. The van der Waals surface area contributed by atoms with Gasteiger partial charge in [-0.2, -0.15) is 0 Å². The van der Waals surface area contributed by atoms with Crippen LogP contribution in [0.15, 0.2) is 42.5 Å². The van der Waals surface area contributed by atoms with Gasteiger partial charge in [0, 0.05) is 56.6 Å². The van der Waals surface area contributed by atoms with Crippen LogP contribution in [0, 0.1) is 6.92 Å². The van der Waals surface area contributed by atoms with E-state index in [1.54, 1.807) is 11.3 Å². The number of anilines is 1. The van der Waals surface area contributed by atoms with Crippen molar-refractivity contribution in [1.82, 2.24) is 15.6 Å². The van der Waals surface area contributed by atoms with Gasteiger partial charge in [-0.1, -0.05) is 13.0 Å². The molecular formula is C34H48N4O7S. The monoisotopic (exact) mass is 656 g/mol. The van der Waals surface area contributed by atoms with E-state index in [1.165, 1.54) is 10.3 Å². The van der Waals surface area contributed by atoms with E-state index >= 15 is 0 Å². The predicted octanol–water partition coefficient (Wildman–Crippen LogP) is 4.52. The van der Waals surface area contributed by atoms with Gasteiger partial charge in [-0.15, -0.1) is 11.3 Å². The van der Waals surface area contributed by atoms with Crippen molar-refractivity contribution in [3.63, 3.8) is 0 Å². The van der Waals surface area contributed by atoms with Crippen LogP contribution in [0.25, 0.3) is 20.8 Å². The minimum atomic E-state index is -0.0783. The fraction of sp³-hybridized carbons (Fsp3) is 0.529. The highest BCUT2D eigenvalue weighted by Crippen LogP contribution is 2.31. The van der Waals surface area contributed by atoms with Gasteiger partial charge < -0.3 is 34.9 Å². The van der Waals surface area contributed by atoms with Crippen molar-refractivity contribution in [3.05, 3.63) is 48.0 Å². The van der Waals surface area contributed by atoms with Crippen LogP contribution in [0.2, 0.25) is 0 Å². The molecule has 1 aromatic heterocycles. The number of ether oxygens (including phenoxy) is 4. The largest absolute Gasteiger partial charge is 0.385 e. The lowest BCUT2D eigenvalue weighted by molar-refractivity contribution is -0.123. The van der Waals surface area contributed by atoms with E-state index in [-0.39, 0.29) is 24.0 Å². The van der Waals surface area contributed by atoms with Crippen LogP contribution in [0.1, 0.15) is 44.6 Å². The summed E-state index contributed by atoms with van der Waals surface area (Å²) in [6.07, 6.45) is 2.37. The summed E-state index contributed by atoms with van der Waals surface area (Å²) in [4.78, 5) is 39.8. The SMILES string of the molecule is CCC(=O)CCCNC(=O)CCOCCOCCOCCOCCNC(=O)CCNc1ccc(-c2nc3ccc(C)cc3s2)cc1. The van der Waals surface area contributed by atoms with Gasteiger partial charge in [-0.25, -0.2) is 4.98 Å². The second-order valence-electron chi connectivity index (χ2n) is 10.6. The van der Waals surface area contributed by atoms with Crippen molar-refractivity contribution < 1.29 is 33.3 Å². The lowest BCUT2D eigenvalue weighted by atomic mass is 10.2. The summed E-state index contributed by atoms with van der Waals surface area (Å²) in [5.74, 6) is 0.102. The Morgan fingerprint density at radius 3 is 2.04 bits per heavy atom. The van der Waals surface area contributed by atoms with Crippen LogP contribution < -0.4 is 16.0 Å². The number of hydrogen-bond acceptors (Lipinski definition) is 10. The van der Waals surface area contributed by atoms with E-state index in [4.69, 9.17) is 23.9 Å². The van der Waals surface area contributed by atoms with Crippen molar-refractivity contribution in [2.75, 3.05) is 77.8 Å². The van der Waals surface area contributed by atoms with Crippen LogP contribution in [-0.2, 0) is 33.3 Å². The Labute approximate surface area is 275 Å². The molecule has 0 aliphatic carbocycles. The quantitative estimate of drug-likeness (QED) is 0.112. The smallest absolute Gasteiger partial charge is 0.222 e. The Hall–Kier alpha value is -3.42. The minimum Gasteiger partial charge on any atom is -0.385 e. The number of fused-ring (bicyclic) bond motifs is 1. The number of thiazole rings is 1. The van der Waals surface area contributed by atoms with Gasteiger partial charge in [-0.05, 0) is 55.3 Å². The number of aryl methyl sites for hydroxylation is 1. The van der Waals surface area contributed by atoms with Gasteiger partial charge in [0.25, 0.3) is 0 Å². The van der Waals surface area contributed by atoms with Gasteiger partial charge in [0.1, 0.15) is 10.8 Å². The molecule has 3 N–H and O–H groups in total. The maximum atomic E-state index is 12.1. The van der Waals surface area contributed by atoms with Crippen LogP contribution in [0.5, 0.6) is 0 Å². The van der Waals surface area contributed by atoms with Crippen molar-refractivity contribution in [1.29, 1.82) is 0 Å². The molecule has 0 aliphatic heterocycles. The molecule has 0 bridgehead atoms. The van der Waals surface area contributed by atoms with Gasteiger partial charge in [0.05, 0.1) is 63.1 Å². The van der Waals surface area contributed by atoms with E-state index in [0.717, 1.165) is 21.8 Å². The molecule has 3 aromatic rings. The molecule has 0 aliphatic rings. The molecule has 0 unspecified atom stereocenters. The molecule has 11 nitrogen and oxygen atoms in total. The van der Waals surface area contributed by atoms with E-state index in [2.05, 4.69) is 41.1 Å². The van der Waals surface area contributed by atoms with Crippen molar-refractivity contribution in [3.8, 4) is 10.6 Å². The van der Waals surface area contributed by atoms with E-state index < -0.39 is 0 Å². The van der Waals surface area contributed by atoms with Crippen LogP contribution in [0.4, 0.5) is 5.69 Å². The molecule has 252 valence electrons. The molecule has 12 heteroatoms. The number of rotatable bonds is 25. The average Bonchev–Trinajstić information content (AvgIpc) is 3.48. The Morgan fingerprint density at radius 2 is 1.35 bits per heavy atom. The maximum Gasteiger partial charge on any atom is 0.222 e. The van der Waals surface area contributed by atoms with Crippen LogP contribution in [0.3, 0.4) is 0 Å². The summed E-state index contributed by atoms with van der Waals surface area (Å²) in [6, 6.07) is 14.4. The van der Waals surface area contributed by atoms with Crippen molar-refractivity contribution >= 4 is 44.8 Å². The summed E-state index contributed by atoms with van der Waals surface area (Å²) >= 11 is 1.69. The third kappa shape index (κ3) is 15.2. The number of carbonyl (C=O) groups is 3. The second kappa shape index (κ2) is 22.2. The molecule has 0 saturated carbocycles. The molecule has 2 amide bonds. The molecule has 0 atom stereocenters. The molecule has 0 saturated heterocycles. The zero-order valence-electron chi connectivity index (χ0n) is 27.1. The number of Topliss-reactive ketones (excluding diaryl/α,β-unsaturated/α-hetero) is 1. The zero-order chi connectivity index (χ0) is 32.8. The van der Waals surface area contributed by atoms with Gasteiger partial charge in [-0.3, -0.25) is 14.4 Å². The molecule has 0 fully saturated rings. The number of benzene rings is 2. The first kappa shape index (κ1) is 37.0. The zero-order valence-corrected chi connectivity index (χ0v) is 27.9. The molecule has 0 spiro atoms. The van der Waals surface area contributed by atoms with Crippen molar-refractivity contribution in [2.45, 2.75) is 46.0 Å². The summed E-state index contributed by atoms with van der Waals surface area (Å²) in [5.41, 5.74) is 4.29. The third-order valence-corrected chi connectivity index (χ3v) is 7.93. The predicted molar refractivity (Wildman–Crippen MR) is 181 cm³/mol. The molecule has 1 heterocycles. The highest BCUT2D eigenvalue weighted by atomic mass is 32.1.